The molecule has 0 saturated carbocycles. The molecule has 0 amide bonds. The summed E-state index contributed by atoms with van der Waals surface area (Å²) in [6, 6.07) is 5.57. The number of carbonyl (C=O) groups is 1. The number of ether oxygens (including phenoxy) is 1. The molecule has 1 aromatic rings. The second-order valence-corrected chi connectivity index (χ2v) is 4.07. The lowest BCUT2D eigenvalue weighted by Gasteiger charge is -2.06. The fraction of sp³-hybridized carbons (Fsp3) is 0.385. The van der Waals surface area contributed by atoms with Gasteiger partial charge >= 0.3 is 0 Å². The number of methoxy groups -OCH3 is 1. The Bertz CT molecular complexity index is 406. The second kappa shape index (κ2) is 15.4. The zero-order chi connectivity index (χ0) is 14.6. The first-order valence-electron chi connectivity index (χ1n) is 4.91. The van der Waals surface area contributed by atoms with Gasteiger partial charge in [-0.1, -0.05) is 35.0 Å². The van der Waals surface area contributed by atoms with Gasteiger partial charge in [-0.2, -0.15) is 0 Å². The van der Waals surface area contributed by atoms with Crippen LogP contribution in [-0.2, 0) is 0 Å². The van der Waals surface area contributed by atoms with E-state index < -0.39 is 0 Å². The van der Waals surface area contributed by atoms with Crippen molar-refractivity contribution in [3.63, 3.8) is 0 Å². The number of aryl methyl sites for hydroxylation is 1. The molecule has 0 unspecified atom stereocenters. The van der Waals surface area contributed by atoms with Crippen molar-refractivity contribution in [3.05, 3.63) is 29.3 Å². The van der Waals surface area contributed by atoms with Crippen LogP contribution in [0.2, 0.25) is 0 Å². The Morgan fingerprint density at radius 1 is 1.42 bits per heavy atom. The lowest BCUT2D eigenvalue weighted by molar-refractivity contribution is 0.102. The molecule has 0 spiro atoms. The molecule has 1 rings (SSSR count). The first kappa shape index (κ1) is 23.4. The lowest BCUT2D eigenvalue weighted by atomic mass is 10.1. The van der Waals surface area contributed by atoms with E-state index in [-0.39, 0.29) is 13.2 Å². The van der Waals surface area contributed by atoms with Crippen molar-refractivity contribution in [3.8, 4) is 5.75 Å². The quantitative estimate of drug-likeness (QED) is 0.501. The van der Waals surface area contributed by atoms with Gasteiger partial charge in [-0.25, -0.2) is 0 Å². The predicted octanol–water partition coefficient (Wildman–Crippen LogP) is 3.81. The minimum atomic E-state index is 0. The summed E-state index contributed by atoms with van der Waals surface area (Å²) in [6.07, 6.45) is 0. The molecule has 19 heavy (non-hydrogen) atoms. The van der Waals surface area contributed by atoms with Gasteiger partial charge in [0, 0.05) is 4.31 Å². The van der Waals surface area contributed by atoms with Crippen LogP contribution in [0.1, 0.15) is 23.3 Å². The first-order chi connectivity index (χ1) is 8.60. The minimum Gasteiger partial charge on any atom is -0.496 e. The van der Waals surface area contributed by atoms with Crippen molar-refractivity contribution >= 4 is 50.5 Å². The SMILES string of the molecule is C.CN.COc1ccc(C)cc1C(=O)CBr.S=C=S. The van der Waals surface area contributed by atoms with Gasteiger partial charge in [-0.3, -0.25) is 4.79 Å². The molecular formula is C13H20BrNO2S2. The Hall–Kier alpha value is -0.650. The van der Waals surface area contributed by atoms with Gasteiger partial charge in [0.1, 0.15) is 5.75 Å². The van der Waals surface area contributed by atoms with E-state index in [0.717, 1.165) is 5.56 Å². The first-order valence-corrected chi connectivity index (χ1v) is 6.85. The maximum Gasteiger partial charge on any atom is 0.177 e. The molecular weight excluding hydrogens is 346 g/mol. The zero-order valence-corrected chi connectivity index (χ0v) is 13.7. The van der Waals surface area contributed by atoms with Crippen LogP contribution in [0.15, 0.2) is 18.2 Å². The van der Waals surface area contributed by atoms with Crippen molar-refractivity contribution in [2.75, 3.05) is 19.5 Å². The third kappa shape index (κ3) is 9.87. The number of hydrogen-bond acceptors (Lipinski definition) is 5. The Morgan fingerprint density at radius 3 is 2.26 bits per heavy atom. The summed E-state index contributed by atoms with van der Waals surface area (Å²) in [4.78, 5) is 11.4. The molecule has 0 aliphatic carbocycles. The molecule has 0 aliphatic rings. The van der Waals surface area contributed by atoms with Gasteiger partial charge in [-0.05, 0) is 50.5 Å². The number of benzene rings is 1. The highest BCUT2D eigenvalue weighted by Crippen LogP contribution is 2.20. The summed E-state index contributed by atoms with van der Waals surface area (Å²) < 4.78 is 7.00. The Morgan fingerprint density at radius 2 is 1.89 bits per heavy atom. The fourth-order valence-electron chi connectivity index (χ4n) is 1.11. The standard InChI is InChI=1S/C10H11BrO2.CH5N.CS2.CH4/c1-7-3-4-10(13-2)8(5-7)9(12)6-11;1-2;2-1-3;/h3-5H,6H2,1-2H3;2H2,1H3;;1H4. The summed E-state index contributed by atoms with van der Waals surface area (Å²) in [5, 5.41) is 0.326. The number of hydrogen-bond donors (Lipinski definition) is 1. The smallest absolute Gasteiger partial charge is 0.177 e. The Kier molecular flexibility index (Phi) is 19.0. The molecule has 0 saturated heterocycles. The molecule has 1 aromatic carbocycles. The van der Waals surface area contributed by atoms with Gasteiger partial charge in [0.25, 0.3) is 0 Å². The van der Waals surface area contributed by atoms with E-state index in [0.29, 0.717) is 16.6 Å². The Labute approximate surface area is 134 Å². The number of Topliss-reactive ketones (excluding diaryl/α,β-unsaturated/α-hetero) is 1. The topological polar surface area (TPSA) is 52.3 Å². The Balaban J connectivity index is -0.000000376. The van der Waals surface area contributed by atoms with E-state index in [1.807, 2.05) is 29.4 Å². The van der Waals surface area contributed by atoms with Crippen LogP contribution in [0, 0.1) is 6.92 Å². The van der Waals surface area contributed by atoms with Gasteiger partial charge in [0.15, 0.2) is 5.78 Å². The molecule has 0 radical (unpaired) electrons. The number of ketones is 1. The normalized spacial score (nSPS) is 7.42. The highest BCUT2D eigenvalue weighted by atomic mass is 79.9. The molecule has 3 nitrogen and oxygen atoms in total. The molecule has 0 atom stereocenters. The average Bonchev–Trinajstić information content (AvgIpc) is 2.41. The van der Waals surface area contributed by atoms with Crippen LogP contribution in [-0.4, -0.2) is 29.6 Å². The summed E-state index contributed by atoms with van der Waals surface area (Å²) >= 11 is 11.1. The number of thiocarbonyl (C=S) groups is 2. The highest BCUT2D eigenvalue weighted by Gasteiger charge is 2.10. The summed E-state index contributed by atoms with van der Waals surface area (Å²) in [5.74, 6) is 0.676. The van der Waals surface area contributed by atoms with Crippen LogP contribution in [0.3, 0.4) is 0 Å². The third-order valence-electron chi connectivity index (χ3n) is 1.78. The van der Waals surface area contributed by atoms with E-state index in [1.54, 1.807) is 7.11 Å². The van der Waals surface area contributed by atoms with Gasteiger partial charge in [0.2, 0.25) is 0 Å². The number of nitrogens with two attached hydrogens (primary N) is 1. The molecule has 0 aromatic heterocycles. The number of halogens is 1. The lowest BCUT2D eigenvalue weighted by Crippen LogP contribution is -2.03. The maximum atomic E-state index is 11.4. The molecule has 0 fully saturated rings. The largest absolute Gasteiger partial charge is 0.496 e. The van der Waals surface area contributed by atoms with E-state index >= 15 is 0 Å². The van der Waals surface area contributed by atoms with Crippen LogP contribution >= 0.6 is 40.4 Å². The number of carbonyl (C=O) groups excluding carboxylic acids is 1. The summed E-state index contributed by atoms with van der Waals surface area (Å²) in [7, 11) is 3.07. The van der Waals surface area contributed by atoms with Crippen molar-refractivity contribution < 1.29 is 9.53 Å². The molecule has 2 N–H and O–H groups in total. The minimum absolute atomic E-state index is 0. The van der Waals surface area contributed by atoms with E-state index in [2.05, 4.69) is 46.1 Å². The number of rotatable bonds is 3. The zero-order valence-electron chi connectivity index (χ0n) is 10.5. The number of alkyl halides is 1. The monoisotopic (exact) mass is 365 g/mol. The molecule has 0 aliphatic heterocycles. The van der Waals surface area contributed by atoms with E-state index in [9.17, 15) is 4.79 Å². The van der Waals surface area contributed by atoms with E-state index in [1.165, 1.54) is 7.05 Å². The van der Waals surface area contributed by atoms with Crippen LogP contribution in [0.25, 0.3) is 0 Å². The maximum absolute atomic E-state index is 11.4. The fourth-order valence-corrected chi connectivity index (χ4v) is 1.41. The van der Waals surface area contributed by atoms with Crippen LogP contribution in [0.5, 0.6) is 5.75 Å². The molecule has 6 heteroatoms. The third-order valence-corrected chi connectivity index (χ3v) is 2.29. The van der Waals surface area contributed by atoms with Crippen LogP contribution < -0.4 is 10.5 Å². The van der Waals surface area contributed by atoms with Crippen LogP contribution in [0.4, 0.5) is 0 Å². The van der Waals surface area contributed by atoms with Gasteiger partial charge < -0.3 is 10.5 Å². The van der Waals surface area contributed by atoms with Crippen molar-refractivity contribution in [1.29, 1.82) is 0 Å². The summed E-state index contributed by atoms with van der Waals surface area (Å²) in [5.41, 5.74) is 6.20. The van der Waals surface area contributed by atoms with Crippen molar-refractivity contribution in [2.24, 2.45) is 5.73 Å². The van der Waals surface area contributed by atoms with Gasteiger partial charge in [-0.15, -0.1) is 0 Å². The van der Waals surface area contributed by atoms with Crippen molar-refractivity contribution in [1.82, 2.24) is 0 Å². The molecule has 108 valence electrons. The predicted molar refractivity (Wildman–Crippen MR) is 92.9 cm³/mol. The summed E-state index contributed by atoms with van der Waals surface area (Å²) in [6.45, 7) is 1.95. The molecule has 0 bridgehead atoms. The molecule has 0 heterocycles. The highest BCUT2D eigenvalue weighted by molar-refractivity contribution is 9.09. The second-order valence-electron chi connectivity index (χ2n) is 2.84. The van der Waals surface area contributed by atoms with Crippen molar-refractivity contribution in [2.45, 2.75) is 14.4 Å². The average molecular weight is 366 g/mol. The van der Waals surface area contributed by atoms with E-state index in [4.69, 9.17) is 4.74 Å². The van der Waals surface area contributed by atoms with Gasteiger partial charge in [0.05, 0.1) is 18.0 Å².